The zero-order valence-electron chi connectivity index (χ0n) is 10.8. The highest BCUT2D eigenvalue weighted by Gasteiger charge is 2.13. The Kier molecular flexibility index (Phi) is 4.71. The summed E-state index contributed by atoms with van der Waals surface area (Å²) in [6, 6.07) is 4.41. The van der Waals surface area contributed by atoms with Gasteiger partial charge >= 0.3 is 5.97 Å². The molecule has 0 aliphatic heterocycles. The first-order chi connectivity index (χ1) is 8.45. The summed E-state index contributed by atoms with van der Waals surface area (Å²) in [6.45, 7) is 6.01. The molecule has 1 aromatic carbocycles. The molecule has 0 aliphatic carbocycles. The van der Waals surface area contributed by atoms with E-state index in [1.165, 1.54) is 6.07 Å². The monoisotopic (exact) mass is 250 g/mol. The number of anilines is 1. The minimum absolute atomic E-state index is 0.0841. The van der Waals surface area contributed by atoms with E-state index < -0.39 is 5.97 Å². The zero-order chi connectivity index (χ0) is 13.7. The van der Waals surface area contributed by atoms with Gasteiger partial charge in [-0.05, 0) is 44.5 Å². The molecule has 0 spiro atoms. The van der Waals surface area contributed by atoms with Gasteiger partial charge < -0.3 is 15.7 Å². The van der Waals surface area contributed by atoms with E-state index in [9.17, 15) is 9.59 Å². The van der Waals surface area contributed by atoms with Crippen molar-refractivity contribution in [3.63, 3.8) is 0 Å². The van der Waals surface area contributed by atoms with Crippen molar-refractivity contribution in [3.8, 4) is 0 Å². The molecule has 18 heavy (non-hydrogen) atoms. The largest absolute Gasteiger partial charge is 0.478 e. The second kappa shape index (κ2) is 6.05. The fraction of sp³-hybridized carbons (Fsp3) is 0.385. The van der Waals surface area contributed by atoms with Crippen molar-refractivity contribution >= 4 is 17.6 Å². The third kappa shape index (κ3) is 3.48. The molecule has 0 bridgehead atoms. The molecule has 3 N–H and O–H groups in total. The van der Waals surface area contributed by atoms with Gasteiger partial charge in [-0.2, -0.15) is 0 Å². The highest BCUT2D eigenvalue weighted by atomic mass is 16.4. The van der Waals surface area contributed by atoms with Crippen LogP contribution in [0.1, 0.15) is 29.8 Å². The number of benzene rings is 1. The molecule has 98 valence electrons. The van der Waals surface area contributed by atoms with Crippen LogP contribution >= 0.6 is 0 Å². The van der Waals surface area contributed by atoms with E-state index in [4.69, 9.17) is 5.11 Å². The second-order valence-electron chi connectivity index (χ2n) is 4.10. The van der Waals surface area contributed by atoms with Crippen LogP contribution in [0.25, 0.3) is 0 Å². The Morgan fingerprint density at radius 1 is 1.39 bits per heavy atom. The third-order valence-corrected chi connectivity index (χ3v) is 2.59. The van der Waals surface area contributed by atoms with Crippen molar-refractivity contribution in [3.05, 3.63) is 29.3 Å². The molecule has 1 rings (SSSR count). The van der Waals surface area contributed by atoms with Gasteiger partial charge in [0.2, 0.25) is 5.91 Å². The number of aryl methyl sites for hydroxylation is 1. The first-order valence-corrected chi connectivity index (χ1v) is 5.84. The SMILES string of the molecule is CCNC(=O)C(C)Nc1ccc(C(=O)O)cc1C. The topological polar surface area (TPSA) is 78.4 Å². The van der Waals surface area contributed by atoms with E-state index >= 15 is 0 Å². The molecule has 0 heterocycles. The minimum atomic E-state index is -0.957. The Morgan fingerprint density at radius 2 is 2.06 bits per heavy atom. The van der Waals surface area contributed by atoms with Crippen LogP contribution < -0.4 is 10.6 Å². The van der Waals surface area contributed by atoms with Crippen molar-refractivity contribution in [2.24, 2.45) is 0 Å². The van der Waals surface area contributed by atoms with E-state index in [1.54, 1.807) is 26.0 Å². The number of carbonyl (C=O) groups excluding carboxylic acids is 1. The summed E-state index contributed by atoms with van der Waals surface area (Å²) < 4.78 is 0. The van der Waals surface area contributed by atoms with E-state index in [0.717, 1.165) is 11.3 Å². The molecule has 0 aromatic heterocycles. The number of hydrogen-bond acceptors (Lipinski definition) is 3. The van der Waals surface area contributed by atoms with Crippen molar-refractivity contribution in [2.75, 3.05) is 11.9 Å². The lowest BCUT2D eigenvalue weighted by Crippen LogP contribution is -2.37. The summed E-state index contributed by atoms with van der Waals surface area (Å²) in [5.41, 5.74) is 1.80. The molecule has 5 nitrogen and oxygen atoms in total. The van der Waals surface area contributed by atoms with Crippen molar-refractivity contribution in [2.45, 2.75) is 26.8 Å². The number of hydrogen-bond donors (Lipinski definition) is 3. The fourth-order valence-electron chi connectivity index (χ4n) is 1.58. The Bertz CT molecular complexity index is 458. The van der Waals surface area contributed by atoms with Gasteiger partial charge in [0, 0.05) is 12.2 Å². The Labute approximate surface area is 106 Å². The predicted molar refractivity (Wildman–Crippen MR) is 69.9 cm³/mol. The molecule has 1 aromatic rings. The minimum Gasteiger partial charge on any atom is -0.478 e. The molecule has 0 aliphatic rings. The van der Waals surface area contributed by atoms with Gasteiger partial charge in [-0.25, -0.2) is 4.79 Å². The van der Waals surface area contributed by atoms with E-state index in [0.29, 0.717) is 6.54 Å². The van der Waals surface area contributed by atoms with E-state index in [-0.39, 0.29) is 17.5 Å². The summed E-state index contributed by atoms with van der Waals surface area (Å²) in [6.07, 6.45) is 0. The van der Waals surface area contributed by atoms with Crippen LogP contribution in [-0.2, 0) is 4.79 Å². The first kappa shape index (κ1) is 14.0. The number of rotatable bonds is 5. The molecule has 1 atom stereocenters. The molecular weight excluding hydrogens is 232 g/mol. The van der Waals surface area contributed by atoms with Gasteiger partial charge in [-0.3, -0.25) is 4.79 Å². The van der Waals surface area contributed by atoms with Crippen LogP contribution in [0.3, 0.4) is 0 Å². The summed E-state index contributed by atoms with van der Waals surface area (Å²) in [5, 5.41) is 14.6. The smallest absolute Gasteiger partial charge is 0.335 e. The van der Waals surface area contributed by atoms with Crippen molar-refractivity contribution in [1.82, 2.24) is 5.32 Å². The van der Waals surface area contributed by atoms with Crippen LogP contribution in [0.4, 0.5) is 5.69 Å². The zero-order valence-corrected chi connectivity index (χ0v) is 10.8. The Balaban J connectivity index is 2.79. The summed E-state index contributed by atoms with van der Waals surface area (Å²) in [7, 11) is 0. The van der Waals surface area contributed by atoms with Crippen molar-refractivity contribution < 1.29 is 14.7 Å². The standard InChI is InChI=1S/C13H18N2O3/c1-4-14-12(16)9(3)15-11-6-5-10(13(17)18)7-8(11)2/h5-7,9,15H,4H2,1-3H3,(H,14,16)(H,17,18). The highest BCUT2D eigenvalue weighted by Crippen LogP contribution is 2.17. The molecule has 0 saturated heterocycles. The Morgan fingerprint density at radius 3 is 2.56 bits per heavy atom. The number of carbonyl (C=O) groups is 2. The van der Waals surface area contributed by atoms with Crippen LogP contribution in [0.2, 0.25) is 0 Å². The quantitative estimate of drug-likeness (QED) is 0.742. The fourth-order valence-corrected chi connectivity index (χ4v) is 1.58. The predicted octanol–water partition coefficient (Wildman–Crippen LogP) is 1.63. The number of carboxylic acids is 1. The van der Waals surface area contributed by atoms with Crippen molar-refractivity contribution in [1.29, 1.82) is 0 Å². The lowest BCUT2D eigenvalue weighted by atomic mass is 10.1. The van der Waals surface area contributed by atoms with Crippen LogP contribution in [0, 0.1) is 6.92 Å². The number of amides is 1. The number of aromatic carboxylic acids is 1. The lowest BCUT2D eigenvalue weighted by molar-refractivity contribution is -0.121. The Hall–Kier alpha value is -2.04. The maximum absolute atomic E-state index is 11.6. The first-order valence-electron chi connectivity index (χ1n) is 5.84. The third-order valence-electron chi connectivity index (χ3n) is 2.59. The molecule has 0 fully saturated rings. The highest BCUT2D eigenvalue weighted by molar-refractivity contribution is 5.89. The number of nitrogens with one attached hydrogen (secondary N) is 2. The van der Waals surface area contributed by atoms with Crippen LogP contribution in [0.5, 0.6) is 0 Å². The summed E-state index contributed by atoms with van der Waals surface area (Å²) in [4.78, 5) is 22.4. The normalized spacial score (nSPS) is 11.7. The average Bonchev–Trinajstić information content (AvgIpc) is 2.31. The summed E-state index contributed by atoms with van der Waals surface area (Å²) in [5.74, 6) is -1.04. The van der Waals surface area contributed by atoms with Gasteiger partial charge in [0.25, 0.3) is 0 Å². The maximum Gasteiger partial charge on any atom is 0.335 e. The van der Waals surface area contributed by atoms with Gasteiger partial charge in [0.05, 0.1) is 5.56 Å². The molecule has 0 radical (unpaired) electrons. The van der Waals surface area contributed by atoms with Gasteiger partial charge in [-0.15, -0.1) is 0 Å². The maximum atomic E-state index is 11.6. The molecule has 1 amide bonds. The number of likely N-dealkylation sites (N-methyl/N-ethyl adjacent to an activating group) is 1. The molecule has 0 saturated carbocycles. The second-order valence-corrected chi connectivity index (χ2v) is 4.10. The van der Waals surface area contributed by atoms with E-state index in [2.05, 4.69) is 10.6 Å². The summed E-state index contributed by atoms with van der Waals surface area (Å²) >= 11 is 0. The van der Waals surface area contributed by atoms with Crippen LogP contribution in [-0.4, -0.2) is 29.6 Å². The van der Waals surface area contributed by atoms with Gasteiger partial charge in [-0.1, -0.05) is 0 Å². The molecule has 1 unspecified atom stereocenters. The van der Waals surface area contributed by atoms with E-state index in [1.807, 2.05) is 6.92 Å². The van der Waals surface area contributed by atoms with Crippen LogP contribution in [0.15, 0.2) is 18.2 Å². The molecule has 5 heteroatoms. The number of carboxylic acid groups (broad SMARTS) is 1. The lowest BCUT2D eigenvalue weighted by Gasteiger charge is -2.16. The average molecular weight is 250 g/mol. The van der Waals surface area contributed by atoms with Gasteiger partial charge in [0.15, 0.2) is 0 Å². The molecular formula is C13H18N2O3. The van der Waals surface area contributed by atoms with Gasteiger partial charge in [0.1, 0.15) is 6.04 Å².